The Morgan fingerprint density at radius 2 is 2.25 bits per heavy atom. The lowest BCUT2D eigenvalue weighted by Crippen LogP contribution is -2.43. The molecule has 1 aromatic carbocycles. The van der Waals surface area contributed by atoms with Crippen molar-refractivity contribution in [3.05, 3.63) is 40.9 Å². The minimum atomic E-state index is -0.756. The van der Waals surface area contributed by atoms with Crippen LogP contribution in [0.3, 0.4) is 0 Å². The summed E-state index contributed by atoms with van der Waals surface area (Å²) in [4.78, 5) is 13.3. The van der Waals surface area contributed by atoms with Crippen LogP contribution in [0.5, 0.6) is 0 Å². The predicted octanol–water partition coefficient (Wildman–Crippen LogP) is 2.74. The largest absolute Gasteiger partial charge is 0.481 e. The molecule has 3 rings (SSSR count). The van der Waals surface area contributed by atoms with Crippen molar-refractivity contribution in [2.45, 2.75) is 32.4 Å². The highest BCUT2D eigenvalue weighted by atomic mass is 35.5. The van der Waals surface area contributed by atoms with Crippen LogP contribution < -0.4 is 0 Å². The molecule has 1 saturated heterocycles. The third kappa shape index (κ3) is 3.57. The number of rotatable bonds is 4. The first-order chi connectivity index (χ1) is 11.4. The van der Waals surface area contributed by atoms with Gasteiger partial charge in [0.25, 0.3) is 0 Å². The van der Waals surface area contributed by atoms with Gasteiger partial charge in [-0.25, -0.2) is 9.07 Å². The highest BCUT2D eigenvalue weighted by Gasteiger charge is 2.30. The topological polar surface area (TPSA) is 71.2 Å². The zero-order valence-corrected chi connectivity index (χ0v) is 13.9. The van der Waals surface area contributed by atoms with Crippen molar-refractivity contribution < 1.29 is 14.3 Å². The quantitative estimate of drug-likeness (QED) is 0.916. The monoisotopic (exact) mass is 352 g/mol. The van der Waals surface area contributed by atoms with Gasteiger partial charge in [0, 0.05) is 19.1 Å². The van der Waals surface area contributed by atoms with Crippen LogP contribution in [0.2, 0.25) is 5.02 Å². The van der Waals surface area contributed by atoms with E-state index < -0.39 is 11.8 Å². The SMILES string of the molecule is CC1CCC(C(=O)O)CN1Cc1cn(-c2ccc(F)cc2Cl)nn1. The van der Waals surface area contributed by atoms with Crippen LogP contribution in [0.4, 0.5) is 4.39 Å². The smallest absolute Gasteiger partial charge is 0.307 e. The van der Waals surface area contributed by atoms with Crippen LogP contribution in [0.1, 0.15) is 25.5 Å². The van der Waals surface area contributed by atoms with Gasteiger partial charge in [0.2, 0.25) is 0 Å². The van der Waals surface area contributed by atoms with E-state index in [1.54, 1.807) is 12.3 Å². The third-order valence-corrected chi connectivity index (χ3v) is 4.73. The van der Waals surface area contributed by atoms with Crippen molar-refractivity contribution in [1.82, 2.24) is 19.9 Å². The van der Waals surface area contributed by atoms with Crippen molar-refractivity contribution in [3.8, 4) is 5.69 Å². The molecule has 128 valence electrons. The molecule has 1 aliphatic rings. The second-order valence-electron chi connectivity index (χ2n) is 6.14. The Balaban J connectivity index is 1.74. The fraction of sp³-hybridized carbons (Fsp3) is 0.438. The van der Waals surface area contributed by atoms with Gasteiger partial charge in [0.15, 0.2) is 0 Å². The summed E-state index contributed by atoms with van der Waals surface area (Å²) in [5, 5.41) is 17.6. The number of nitrogens with zero attached hydrogens (tertiary/aromatic N) is 4. The summed E-state index contributed by atoms with van der Waals surface area (Å²) in [5.74, 6) is -1.51. The maximum absolute atomic E-state index is 13.1. The first-order valence-corrected chi connectivity index (χ1v) is 8.15. The number of piperidine rings is 1. The van der Waals surface area contributed by atoms with Gasteiger partial charge in [0.1, 0.15) is 5.82 Å². The molecule has 24 heavy (non-hydrogen) atoms. The number of benzene rings is 1. The lowest BCUT2D eigenvalue weighted by molar-refractivity contribution is -0.144. The van der Waals surface area contributed by atoms with Crippen LogP contribution in [0.15, 0.2) is 24.4 Å². The average molecular weight is 353 g/mol. The molecule has 1 aromatic heterocycles. The van der Waals surface area contributed by atoms with E-state index >= 15 is 0 Å². The van der Waals surface area contributed by atoms with Crippen molar-refractivity contribution in [1.29, 1.82) is 0 Å². The highest BCUT2D eigenvalue weighted by Crippen LogP contribution is 2.24. The molecule has 1 fully saturated rings. The van der Waals surface area contributed by atoms with E-state index in [2.05, 4.69) is 22.1 Å². The number of carbonyl (C=O) groups is 1. The normalized spacial score (nSPS) is 21.8. The van der Waals surface area contributed by atoms with E-state index in [4.69, 9.17) is 11.6 Å². The molecule has 0 saturated carbocycles. The van der Waals surface area contributed by atoms with Crippen molar-refractivity contribution in [2.75, 3.05) is 6.54 Å². The molecule has 0 bridgehead atoms. The summed E-state index contributed by atoms with van der Waals surface area (Å²) in [6.45, 7) is 3.10. The molecule has 2 unspecified atom stereocenters. The van der Waals surface area contributed by atoms with Gasteiger partial charge < -0.3 is 5.11 Å². The Labute approximate surface area is 143 Å². The van der Waals surface area contributed by atoms with E-state index in [9.17, 15) is 14.3 Å². The molecular weight excluding hydrogens is 335 g/mol. The summed E-state index contributed by atoms with van der Waals surface area (Å²) in [7, 11) is 0. The van der Waals surface area contributed by atoms with Crippen molar-refractivity contribution in [2.24, 2.45) is 5.92 Å². The number of hydrogen-bond donors (Lipinski definition) is 1. The fourth-order valence-corrected chi connectivity index (χ4v) is 3.22. The van der Waals surface area contributed by atoms with Gasteiger partial charge in [-0.2, -0.15) is 0 Å². The fourth-order valence-electron chi connectivity index (χ4n) is 2.96. The van der Waals surface area contributed by atoms with Crippen LogP contribution in [-0.2, 0) is 11.3 Å². The summed E-state index contributed by atoms with van der Waals surface area (Å²) in [6.07, 6.45) is 3.27. The highest BCUT2D eigenvalue weighted by molar-refractivity contribution is 6.32. The van der Waals surface area contributed by atoms with Gasteiger partial charge in [-0.05, 0) is 38.0 Å². The zero-order valence-electron chi connectivity index (χ0n) is 13.2. The van der Waals surface area contributed by atoms with Crippen molar-refractivity contribution >= 4 is 17.6 Å². The number of aliphatic carboxylic acids is 1. The summed E-state index contributed by atoms with van der Waals surface area (Å²) in [5.41, 5.74) is 1.26. The van der Waals surface area contributed by atoms with Gasteiger partial charge in [-0.1, -0.05) is 16.8 Å². The van der Waals surface area contributed by atoms with Crippen LogP contribution in [-0.4, -0.2) is 43.6 Å². The Bertz CT molecular complexity index is 751. The molecule has 0 amide bonds. The lowest BCUT2D eigenvalue weighted by atomic mass is 9.93. The first-order valence-electron chi connectivity index (χ1n) is 7.77. The Kier molecular flexibility index (Phi) is 4.82. The number of carboxylic acid groups (broad SMARTS) is 1. The van der Waals surface area contributed by atoms with Crippen LogP contribution >= 0.6 is 11.6 Å². The van der Waals surface area contributed by atoms with Crippen molar-refractivity contribution in [3.63, 3.8) is 0 Å². The van der Waals surface area contributed by atoms with Gasteiger partial charge in [-0.15, -0.1) is 5.10 Å². The third-order valence-electron chi connectivity index (χ3n) is 4.42. The molecule has 0 aliphatic carbocycles. The van der Waals surface area contributed by atoms with E-state index in [0.29, 0.717) is 36.9 Å². The van der Waals surface area contributed by atoms with Crippen LogP contribution in [0.25, 0.3) is 5.69 Å². The molecule has 8 heteroatoms. The lowest BCUT2D eigenvalue weighted by Gasteiger charge is -2.35. The molecule has 6 nitrogen and oxygen atoms in total. The summed E-state index contributed by atoms with van der Waals surface area (Å²) >= 11 is 6.04. The van der Waals surface area contributed by atoms with Gasteiger partial charge >= 0.3 is 5.97 Å². The number of hydrogen-bond acceptors (Lipinski definition) is 4. The molecule has 2 aromatic rings. The molecule has 1 N–H and O–H groups in total. The number of halogens is 2. The van der Waals surface area contributed by atoms with Gasteiger partial charge in [-0.3, -0.25) is 9.69 Å². The van der Waals surface area contributed by atoms with Gasteiger partial charge in [0.05, 0.1) is 28.5 Å². The zero-order chi connectivity index (χ0) is 17.3. The van der Waals surface area contributed by atoms with Crippen LogP contribution in [0, 0.1) is 11.7 Å². The molecular formula is C16H18ClFN4O2. The van der Waals surface area contributed by atoms with E-state index in [1.165, 1.54) is 16.8 Å². The number of aromatic nitrogens is 3. The molecule has 1 aliphatic heterocycles. The molecule has 2 atom stereocenters. The second-order valence-corrected chi connectivity index (χ2v) is 6.55. The summed E-state index contributed by atoms with van der Waals surface area (Å²) in [6, 6.07) is 4.37. The number of carboxylic acids is 1. The second kappa shape index (κ2) is 6.86. The number of likely N-dealkylation sites (tertiary alicyclic amines) is 1. The minimum absolute atomic E-state index is 0.253. The minimum Gasteiger partial charge on any atom is -0.481 e. The van der Waals surface area contributed by atoms with E-state index in [-0.39, 0.29) is 10.9 Å². The first kappa shape index (κ1) is 16.9. The Morgan fingerprint density at radius 1 is 1.46 bits per heavy atom. The average Bonchev–Trinajstić information content (AvgIpc) is 2.97. The van der Waals surface area contributed by atoms with E-state index in [0.717, 1.165) is 6.42 Å². The van der Waals surface area contributed by atoms with E-state index in [1.807, 2.05) is 0 Å². The maximum atomic E-state index is 13.1. The molecule has 0 spiro atoms. The Morgan fingerprint density at radius 3 is 2.96 bits per heavy atom. The molecule has 2 heterocycles. The predicted molar refractivity (Wildman–Crippen MR) is 86.6 cm³/mol. The summed E-state index contributed by atoms with van der Waals surface area (Å²) < 4.78 is 14.6. The Hall–Kier alpha value is -1.99. The molecule has 0 radical (unpaired) electrons. The maximum Gasteiger partial charge on any atom is 0.307 e. The standard InChI is InChI=1S/C16H18ClFN4O2/c1-10-2-3-11(16(23)24)7-21(10)8-13-9-22(20-19-13)15-5-4-12(18)6-14(15)17/h4-6,9-11H,2-3,7-8H2,1H3,(H,23,24).